The lowest BCUT2D eigenvalue weighted by atomic mass is 9.91. The minimum Gasteiger partial charge on any atom is -0.459 e. The molecule has 142 valence electrons. The SMILES string of the molecule is O=C(OCC1CO1)c1c2ccccc2c(C(=O)OCC2CO2)c2ccccc12. The van der Waals surface area contributed by atoms with Crippen molar-refractivity contribution in [3.63, 3.8) is 0 Å². The number of fused-ring (bicyclic) bond motifs is 2. The molecule has 2 heterocycles. The number of esters is 2. The lowest BCUT2D eigenvalue weighted by molar-refractivity contribution is 0.0470. The normalized spacial score (nSPS) is 20.1. The minimum absolute atomic E-state index is 0.0135. The van der Waals surface area contributed by atoms with Crippen molar-refractivity contribution in [1.82, 2.24) is 0 Å². The van der Waals surface area contributed by atoms with Crippen LogP contribution in [-0.2, 0) is 18.9 Å². The molecule has 2 unspecified atom stereocenters. The van der Waals surface area contributed by atoms with Gasteiger partial charge in [-0.2, -0.15) is 0 Å². The van der Waals surface area contributed by atoms with Gasteiger partial charge in [0.2, 0.25) is 0 Å². The first-order chi connectivity index (χ1) is 13.7. The van der Waals surface area contributed by atoms with E-state index in [1.54, 1.807) is 0 Å². The number of carbonyl (C=O) groups is 2. The number of epoxide rings is 2. The van der Waals surface area contributed by atoms with E-state index in [4.69, 9.17) is 18.9 Å². The fourth-order valence-corrected chi connectivity index (χ4v) is 3.38. The van der Waals surface area contributed by atoms with E-state index in [1.807, 2.05) is 48.5 Å². The molecular formula is C22H18O6. The van der Waals surface area contributed by atoms with Gasteiger partial charge >= 0.3 is 11.9 Å². The van der Waals surface area contributed by atoms with Crippen LogP contribution in [-0.4, -0.2) is 50.6 Å². The summed E-state index contributed by atoms with van der Waals surface area (Å²) in [4.78, 5) is 25.8. The Morgan fingerprint density at radius 1 is 0.714 bits per heavy atom. The standard InChI is InChI=1S/C22H18O6/c23-21(27-11-13-9-25-13)19-15-5-1-2-6-16(15)20(18-8-4-3-7-17(18)19)22(24)28-12-14-10-26-14/h1-8,13-14H,9-12H2. The molecule has 6 heteroatoms. The molecule has 0 saturated carbocycles. The van der Waals surface area contributed by atoms with E-state index in [1.165, 1.54) is 0 Å². The summed E-state index contributed by atoms with van der Waals surface area (Å²) in [5.74, 6) is -0.844. The summed E-state index contributed by atoms with van der Waals surface area (Å²) in [6.45, 7) is 1.69. The second-order valence-electron chi connectivity index (χ2n) is 6.95. The molecule has 3 aromatic carbocycles. The molecule has 2 aliphatic rings. The third-order valence-corrected chi connectivity index (χ3v) is 4.95. The van der Waals surface area contributed by atoms with E-state index in [0.29, 0.717) is 45.9 Å². The van der Waals surface area contributed by atoms with Crippen LogP contribution in [0, 0.1) is 0 Å². The highest BCUT2D eigenvalue weighted by atomic mass is 16.6. The van der Waals surface area contributed by atoms with Crippen LogP contribution in [0.2, 0.25) is 0 Å². The molecule has 0 N–H and O–H groups in total. The van der Waals surface area contributed by atoms with E-state index in [9.17, 15) is 9.59 Å². The second-order valence-corrected chi connectivity index (χ2v) is 6.95. The zero-order chi connectivity index (χ0) is 19.1. The number of rotatable bonds is 6. The number of ether oxygens (including phenoxy) is 4. The Labute approximate surface area is 160 Å². The maximum atomic E-state index is 12.9. The highest BCUT2D eigenvalue weighted by Crippen LogP contribution is 2.34. The van der Waals surface area contributed by atoms with Crippen molar-refractivity contribution in [2.75, 3.05) is 26.4 Å². The lowest BCUT2D eigenvalue weighted by Gasteiger charge is -2.15. The van der Waals surface area contributed by atoms with E-state index in [-0.39, 0.29) is 25.4 Å². The average Bonchev–Trinajstić information content (AvgIpc) is 3.63. The Morgan fingerprint density at radius 3 is 1.32 bits per heavy atom. The maximum absolute atomic E-state index is 12.9. The monoisotopic (exact) mass is 378 g/mol. The molecule has 28 heavy (non-hydrogen) atoms. The van der Waals surface area contributed by atoms with Gasteiger partial charge in [-0.15, -0.1) is 0 Å². The summed E-state index contributed by atoms with van der Waals surface area (Å²) in [6, 6.07) is 14.7. The van der Waals surface area contributed by atoms with Crippen molar-refractivity contribution in [3.8, 4) is 0 Å². The largest absolute Gasteiger partial charge is 0.459 e. The Morgan fingerprint density at radius 2 is 1.04 bits per heavy atom. The van der Waals surface area contributed by atoms with Crippen molar-refractivity contribution in [3.05, 3.63) is 59.7 Å². The summed E-state index contributed by atoms with van der Waals surface area (Å²) in [6.07, 6.45) is -0.0271. The van der Waals surface area contributed by atoms with Crippen LogP contribution in [0.3, 0.4) is 0 Å². The molecule has 0 aromatic heterocycles. The first kappa shape index (κ1) is 17.2. The average molecular weight is 378 g/mol. The van der Waals surface area contributed by atoms with Crippen LogP contribution in [0.1, 0.15) is 20.7 Å². The lowest BCUT2D eigenvalue weighted by Crippen LogP contribution is -2.14. The molecule has 0 spiro atoms. The summed E-state index contributed by atoms with van der Waals surface area (Å²) in [5, 5.41) is 2.66. The fourth-order valence-electron chi connectivity index (χ4n) is 3.38. The summed E-state index contributed by atoms with van der Waals surface area (Å²) in [7, 11) is 0. The van der Waals surface area contributed by atoms with Gasteiger partial charge < -0.3 is 18.9 Å². The smallest absolute Gasteiger partial charge is 0.339 e. The van der Waals surface area contributed by atoms with Gasteiger partial charge in [-0.3, -0.25) is 0 Å². The van der Waals surface area contributed by atoms with Gasteiger partial charge in [-0.05, 0) is 21.5 Å². The Kier molecular flexibility index (Phi) is 4.22. The zero-order valence-corrected chi connectivity index (χ0v) is 15.1. The van der Waals surface area contributed by atoms with Crippen molar-refractivity contribution in [2.45, 2.75) is 12.2 Å². The first-order valence-corrected chi connectivity index (χ1v) is 9.23. The molecular weight excluding hydrogens is 360 g/mol. The molecule has 2 fully saturated rings. The molecule has 0 aliphatic carbocycles. The van der Waals surface area contributed by atoms with Gasteiger partial charge in [0.05, 0.1) is 24.3 Å². The van der Waals surface area contributed by atoms with Gasteiger partial charge in [0.15, 0.2) is 0 Å². The number of hydrogen-bond donors (Lipinski definition) is 0. The molecule has 0 radical (unpaired) electrons. The van der Waals surface area contributed by atoms with Gasteiger partial charge in [-0.25, -0.2) is 9.59 Å². The van der Waals surface area contributed by atoms with E-state index in [0.717, 1.165) is 0 Å². The fraction of sp³-hybridized carbons (Fsp3) is 0.273. The minimum atomic E-state index is -0.422. The van der Waals surface area contributed by atoms with Crippen LogP contribution in [0.25, 0.3) is 21.5 Å². The van der Waals surface area contributed by atoms with E-state index in [2.05, 4.69) is 0 Å². The third kappa shape index (κ3) is 3.21. The molecule has 0 bridgehead atoms. The van der Waals surface area contributed by atoms with Crippen LogP contribution in [0.15, 0.2) is 48.5 Å². The predicted octanol–water partition coefficient (Wildman–Crippen LogP) is 3.10. The van der Waals surface area contributed by atoms with Crippen LogP contribution < -0.4 is 0 Å². The van der Waals surface area contributed by atoms with Crippen molar-refractivity contribution >= 4 is 33.5 Å². The Balaban J connectivity index is 1.65. The highest BCUT2D eigenvalue weighted by Gasteiger charge is 2.29. The predicted molar refractivity (Wildman–Crippen MR) is 101 cm³/mol. The van der Waals surface area contributed by atoms with Crippen molar-refractivity contribution in [2.24, 2.45) is 0 Å². The molecule has 3 aromatic rings. The highest BCUT2D eigenvalue weighted by molar-refractivity contribution is 6.24. The maximum Gasteiger partial charge on any atom is 0.339 e. The third-order valence-electron chi connectivity index (χ3n) is 4.95. The van der Waals surface area contributed by atoms with Gasteiger partial charge in [-0.1, -0.05) is 48.5 Å². The first-order valence-electron chi connectivity index (χ1n) is 9.23. The Bertz CT molecular complexity index is 938. The molecule has 0 amide bonds. The van der Waals surface area contributed by atoms with Gasteiger partial charge in [0.1, 0.15) is 25.4 Å². The molecule has 2 atom stereocenters. The van der Waals surface area contributed by atoms with Crippen LogP contribution in [0.4, 0.5) is 0 Å². The van der Waals surface area contributed by atoms with Crippen molar-refractivity contribution < 1.29 is 28.5 Å². The van der Waals surface area contributed by atoms with Crippen molar-refractivity contribution in [1.29, 1.82) is 0 Å². The topological polar surface area (TPSA) is 77.7 Å². The summed E-state index contributed by atoms with van der Waals surface area (Å²) in [5.41, 5.74) is 0.905. The summed E-state index contributed by atoms with van der Waals surface area (Å²) >= 11 is 0. The molecule has 2 saturated heterocycles. The summed E-state index contributed by atoms with van der Waals surface area (Å²) < 4.78 is 21.2. The van der Waals surface area contributed by atoms with E-state index >= 15 is 0 Å². The molecule has 2 aliphatic heterocycles. The molecule has 5 rings (SSSR count). The van der Waals surface area contributed by atoms with Crippen LogP contribution in [0.5, 0.6) is 0 Å². The number of carbonyl (C=O) groups excluding carboxylic acids is 2. The van der Waals surface area contributed by atoms with Gasteiger partial charge in [0.25, 0.3) is 0 Å². The zero-order valence-electron chi connectivity index (χ0n) is 15.1. The quantitative estimate of drug-likeness (QED) is 0.373. The second kappa shape index (κ2) is 6.89. The van der Waals surface area contributed by atoms with Crippen LogP contribution >= 0.6 is 0 Å². The number of hydrogen-bond acceptors (Lipinski definition) is 6. The Hall–Kier alpha value is -2.96. The number of benzene rings is 3. The van der Waals surface area contributed by atoms with E-state index < -0.39 is 11.9 Å². The van der Waals surface area contributed by atoms with Gasteiger partial charge in [0, 0.05) is 0 Å². The molecule has 6 nitrogen and oxygen atoms in total.